The molecule has 6 rings (SSSR count). The average Bonchev–Trinajstić information content (AvgIpc) is 3.49. The van der Waals surface area contributed by atoms with E-state index in [0.717, 1.165) is 18.8 Å². The number of carbonyl (C=O) groups excluding carboxylic acids is 2. The summed E-state index contributed by atoms with van der Waals surface area (Å²) in [7, 11) is 0. The Morgan fingerprint density at radius 1 is 1.00 bits per heavy atom. The zero-order valence-electron chi connectivity index (χ0n) is 21.3. The Labute approximate surface area is 221 Å². The summed E-state index contributed by atoms with van der Waals surface area (Å²) >= 11 is 0. The van der Waals surface area contributed by atoms with Crippen LogP contribution in [0.25, 0.3) is 10.8 Å². The summed E-state index contributed by atoms with van der Waals surface area (Å²) in [6, 6.07) is 18.5. The fourth-order valence-electron chi connectivity index (χ4n) is 5.91. The van der Waals surface area contributed by atoms with Crippen LogP contribution in [0.4, 0.5) is 14.9 Å². The number of nitrogens with zero attached hydrogens (tertiary/aromatic N) is 3. The maximum absolute atomic E-state index is 13.3. The van der Waals surface area contributed by atoms with Crippen molar-refractivity contribution in [2.75, 3.05) is 37.7 Å². The summed E-state index contributed by atoms with van der Waals surface area (Å²) in [6.45, 7) is 2.66. The third-order valence-corrected chi connectivity index (χ3v) is 7.79. The van der Waals surface area contributed by atoms with Gasteiger partial charge >= 0.3 is 6.03 Å². The molecule has 0 bridgehead atoms. The van der Waals surface area contributed by atoms with Crippen molar-refractivity contribution in [1.29, 1.82) is 0 Å². The molecule has 0 aromatic heterocycles. The third-order valence-electron chi connectivity index (χ3n) is 7.79. The van der Waals surface area contributed by atoms with Crippen LogP contribution >= 0.6 is 0 Å². The fraction of sp³-hybridized carbons (Fsp3) is 0.379. The van der Waals surface area contributed by atoms with Crippen LogP contribution in [0.3, 0.4) is 0 Å². The number of carbonyl (C=O) groups is 2. The molecule has 2 heterocycles. The van der Waals surface area contributed by atoms with Crippen molar-refractivity contribution >= 4 is 28.4 Å². The molecular weight excluding hydrogens is 485 g/mol. The van der Waals surface area contributed by atoms with E-state index >= 15 is 0 Å². The van der Waals surface area contributed by atoms with Crippen LogP contribution in [0.15, 0.2) is 65.8 Å². The number of urea groups is 1. The number of piperidine rings is 1. The summed E-state index contributed by atoms with van der Waals surface area (Å²) in [4.78, 5) is 37.9. The molecule has 3 amide bonds. The van der Waals surface area contributed by atoms with Crippen LogP contribution in [0.2, 0.25) is 0 Å². The topological polar surface area (TPSA) is 94.1 Å². The lowest BCUT2D eigenvalue weighted by Gasteiger charge is -2.40. The molecule has 2 fully saturated rings. The van der Waals surface area contributed by atoms with Crippen molar-refractivity contribution in [3.63, 3.8) is 0 Å². The second-order valence-corrected chi connectivity index (χ2v) is 10.0. The smallest absolute Gasteiger partial charge is 0.339 e. The van der Waals surface area contributed by atoms with Gasteiger partial charge < -0.3 is 20.4 Å². The van der Waals surface area contributed by atoms with E-state index in [2.05, 4.69) is 57.1 Å². The minimum Gasteiger partial charge on any atom is -0.339 e. The van der Waals surface area contributed by atoms with E-state index in [1.165, 1.54) is 46.9 Å². The highest BCUT2D eigenvalue weighted by Gasteiger charge is 2.52. The van der Waals surface area contributed by atoms with E-state index < -0.39 is 11.6 Å². The molecule has 38 heavy (non-hydrogen) atoms. The van der Waals surface area contributed by atoms with E-state index in [4.69, 9.17) is 0 Å². The zero-order chi connectivity index (χ0) is 26.5. The van der Waals surface area contributed by atoms with E-state index in [-0.39, 0.29) is 18.3 Å². The number of halogens is 1. The Hall–Kier alpha value is -3.85. The first-order valence-corrected chi connectivity index (χ1v) is 13.2. The largest absolute Gasteiger partial charge is 0.378 e. The van der Waals surface area contributed by atoms with Crippen molar-refractivity contribution in [3.8, 4) is 0 Å². The predicted octanol–water partition coefficient (Wildman–Crippen LogP) is 4.36. The molecule has 3 aliphatic rings. The minimum atomic E-state index is -0.902. The molecule has 0 radical (unpaired) electrons. The highest BCUT2D eigenvalue weighted by atomic mass is 19.1. The van der Waals surface area contributed by atoms with Gasteiger partial charge in [0.05, 0.1) is 6.67 Å². The number of hydrogen-bond donors (Lipinski definition) is 2. The van der Waals surface area contributed by atoms with Gasteiger partial charge in [0, 0.05) is 24.0 Å². The monoisotopic (exact) mass is 517 g/mol. The second kappa shape index (κ2) is 11.3. The second-order valence-electron chi connectivity index (χ2n) is 10.0. The molecule has 0 saturated carbocycles. The maximum atomic E-state index is 13.3. The molecule has 2 aliphatic heterocycles. The highest BCUT2D eigenvalue weighted by molar-refractivity contribution is 5.93. The average molecular weight is 518 g/mol. The lowest BCUT2D eigenvalue weighted by molar-refractivity contribution is -0.133. The molecule has 8 nitrogen and oxygen atoms in total. The van der Waals surface area contributed by atoms with Crippen LogP contribution < -0.4 is 15.5 Å². The van der Waals surface area contributed by atoms with Crippen LogP contribution in [-0.4, -0.2) is 55.2 Å². The fourth-order valence-corrected chi connectivity index (χ4v) is 5.91. The molecule has 0 unspecified atom stereocenters. The molecule has 1 spiro atoms. The van der Waals surface area contributed by atoms with Crippen LogP contribution in [0.5, 0.6) is 0 Å². The van der Waals surface area contributed by atoms with Gasteiger partial charge in [-0.25, -0.2) is 9.18 Å². The van der Waals surface area contributed by atoms with Crippen molar-refractivity contribution in [3.05, 3.63) is 82.5 Å². The summed E-state index contributed by atoms with van der Waals surface area (Å²) in [5.41, 5.74) is 3.27. The summed E-state index contributed by atoms with van der Waals surface area (Å²) in [6.07, 6.45) is 4.36. The first-order valence-electron chi connectivity index (χ1n) is 13.2. The van der Waals surface area contributed by atoms with Crippen molar-refractivity contribution in [2.24, 2.45) is 5.18 Å². The number of aryl methyl sites for hydroxylation is 2. The first kappa shape index (κ1) is 25.8. The first-order chi connectivity index (χ1) is 18.5. The van der Waals surface area contributed by atoms with Gasteiger partial charge in [0.15, 0.2) is 0 Å². The Morgan fingerprint density at radius 3 is 2.29 bits per heavy atom. The Balaban J connectivity index is 0.000000201. The van der Waals surface area contributed by atoms with E-state index in [1.54, 1.807) is 17.0 Å². The summed E-state index contributed by atoms with van der Waals surface area (Å²) in [5, 5.41) is 10.8. The van der Waals surface area contributed by atoms with Crippen molar-refractivity contribution in [1.82, 2.24) is 15.5 Å². The number of benzene rings is 3. The zero-order valence-corrected chi connectivity index (χ0v) is 21.3. The van der Waals surface area contributed by atoms with Gasteiger partial charge in [-0.2, -0.15) is 0 Å². The lowest BCUT2D eigenvalue weighted by Crippen LogP contribution is -2.55. The van der Waals surface area contributed by atoms with Crippen molar-refractivity contribution < 1.29 is 14.0 Å². The molecule has 2 saturated heterocycles. The molecule has 3 aromatic rings. The van der Waals surface area contributed by atoms with Gasteiger partial charge in [-0.3, -0.25) is 4.79 Å². The SMILES string of the molecule is O=NC(=O)NCCCN1CN(c2ccc(F)cc2)C2(CCNCC2)C1=O.c1cc2c3c(cccc3c1)CC2. The number of nitroso groups, excluding NO2 is 1. The van der Waals surface area contributed by atoms with E-state index in [1.807, 2.05) is 0 Å². The molecule has 0 atom stereocenters. The van der Waals surface area contributed by atoms with Crippen LogP contribution in [-0.2, 0) is 17.6 Å². The van der Waals surface area contributed by atoms with Crippen LogP contribution in [0.1, 0.15) is 30.4 Å². The van der Waals surface area contributed by atoms with Gasteiger partial charge in [-0.1, -0.05) is 36.4 Å². The maximum Gasteiger partial charge on any atom is 0.378 e. The molecule has 2 N–H and O–H groups in total. The molecule has 1 aliphatic carbocycles. The Kier molecular flexibility index (Phi) is 7.64. The predicted molar refractivity (Wildman–Crippen MR) is 145 cm³/mol. The Bertz CT molecular complexity index is 1280. The van der Waals surface area contributed by atoms with E-state index in [0.29, 0.717) is 32.5 Å². The van der Waals surface area contributed by atoms with Gasteiger partial charge in [0.1, 0.15) is 11.4 Å². The van der Waals surface area contributed by atoms with Gasteiger partial charge in [-0.05, 0) is 91.4 Å². The number of anilines is 1. The van der Waals surface area contributed by atoms with Gasteiger partial charge in [-0.15, -0.1) is 4.91 Å². The summed E-state index contributed by atoms with van der Waals surface area (Å²) in [5.74, 6) is -0.252. The standard InChI is InChI=1S/C17H22FN5O3.C12H10/c18-13-2-4-14(5-3-13)23-12-22(11-1-8-20-16(25)21-26)15(24)17(23)6-9-19-10-7-17;1-3-9-4-2-6-11-8-7-10(5-1)12(9)11/h2-5,19H,1,6-12H2,(H,20,25);1-6H,7-8H2. The number of rotatable bonds is 5. The Morgan fingerprint density at radius 2 is 1.66 bits per heavy atom. The van der Waals surface area contributed by atoms with Gasteiger partial charge in [0.25, 0.3) is 0 Å². The normalized spacial score (nSPS) is 17.4. The molecule has 9 heteroatoms. The molecular formula is C29H32FN5O3. The number of hydrogen-bond acceptors (Lipinski definition) is 5. The quantitative estimate of drug-likeness (QED) is 0.388. The summed E-state index contributed by atoms with van der Waals surface area (Å²) < 4.78 is 13.3. The third kappa shape index (κ3) is 5.11. The van der Waals surface area contributed by atoms with Gasteiger partial charge in [0.2, 0.25) is 5.91 Å². The van der Waals surface area contributed by atoms with Crippen molar-refractivity contribution in [2.45, 2.75) is 37.6 Å². The van der Waals surface area contributed by atoms with Crippen LogP contribution in [0, 0.1) is 10.7 Å². The molecule has 3 aromatic carbocycles. The number of amides is 3. The minimum absolute atomic E-state index is 0.0585. The molecule has 198 valence electrons. The lowest BCUT2D eigenvalue weighted by atomic mass is 9.86. The number of nitrogens with one attached hydrogen (secondary N) is 2. The van der Waals surface area contributed by atoms with E-state index in [9.17, 15) is 18.9 Å². The highest BCUT2D eigenvalue weighted by Crippen LogP contribution is 2.38.